The number of rotatable bonds is 6. The molecular formula is C26H20N2O2. The number of benzene rings is 2. The monoisotopic (exact) mass is 392 g/mol. The molecule has 0 aliphatic carbocycles. The Bertz CT molecular complexity index is 1060. The van der Waals surface area contributed by atoms with E-state index in [1.54, 1.807) is 0 Å². The summed E-state index contributed by atoms with van der Waals surface area (Å²) in [5.74, 6) is 7.16. The van der Waals surface area contributed by atoms with Crippen molar-refractivity contribution < 1.29 is 9.47 Å². The van der Waals surface area contributed by atoms with Gasteiger partial charge in [-0.3, -0.25) is 0 Å². The van der Waals surface area contributed by atoms with Gasteiger partial charge >= 0.3 is 0 Å². The van der Waals surface area contributed by atoms with Crippen molar-refractivity contribution in [2.75, 3.05) is 0 Å². The van der Waals surface area contributed by atoms with E-state index in [1.165, 1.54) is 0 Å². The molecule has 0 fully saturated rings. The first-order chi connectivity index (χ1) is 14.8. The van der Waals surface area contributed by atoms with Gasteiger partial charge in [-0.05, 0) is 35.1 Å². The van der Waals surface area contributed by atoms with Gasteiger partial charge in [0.25, 0.3) is 0 Å². The van der Waals surface area contributed by atoms with Crippen molar-refractivity contribution in [2.24, 2.45) is 0 Å². The third kappa shape index (κ3) is 5.70. The Kier molecular flexibility index (Phi) is 6.35. The van der Waals surface area contributed by atoms with Crippen LogP contribution in [0.15, 0.2) is 97.1 Å². The molecule has 4 heteroatoms. The molecule has 2 aromatic carbocycles. The van der Waals surface area contributed by atoms with Crippen LogP contribution in [-0.4, -0.2) is 9.97 Å². The summed E-state index contributed by atoms with van der Waals surface area (Å²) < 4.78 is 11.5. The minimum atomic E-state index is 0.465. The van der Waals surface area contributed by atoms with Crippen LogP contribution in [0, 0.1) is 11.8 Å². The van der Waals surface area contributed by atoms with Gasteiger partial charge in [0.05, 0.1) is 0 Å². The van der Waals surface area contributed by atoms with E-state index < -0.39 is 0 Å². The molecule has 30 heavy (non-hydrogen) atoms. The van der Waals surface area contributed by atoms with Crippen LogP contribution in [0.25, 0.3) is 0 Å². The van der Waals surface area contributed by atoms with E-state index >= 15 is 0 Å². The zero-order valence-corrected chi connectivity index (χ0v) is 16.4. The Hall–Kier alpha value is -4.10. The Labute approximate surface area is 176 Å². The van der Waals surface area contributed by atoms with E-state index in [-0.39, 0.29) is 0 Å². The maximum Gasteiger partial charge on any atom is 0.214 e. The maximum atomic E-state index is 5.76. The molecule has 0 N–H and O–H groups in total. The van der Waals surface area contributed by atoms with Gasteiger partial charge in [0, 0.05) is 12.1 Å². The molecular weight excluding hydrogens is 372 g/mol. The van der Waals surface area contributed by atoms with Gasteiger partial charge in [0.1, 0.15) is 24.6 Å². The molecule has 0 bridgehead atoms. The third-order valence-corrected chi connectivity index (χ3v) is 4.22. The average molecular weight is 392 g/mol. The molecule has 0 aliphatic rings. The number of hydrogen-bond donors (Lipinski definition) is 0. The van der Waals surface area contributed by atoms with Crippen molar-refractivity contribution in [1.29, 1.82) is 0 Å². The minimum Gasteiger partial charge on any atom is -0.473 e. The molecule has 4 rings (SSSR count). The van der Waals surface area contributed by atoms with E-state index in [0.717, 1.165) is 11.1 Å². The third-order valence-electron chi connectivity index (χ3n) is 4.22. The van der Waals surface area contributed by atoms with Crippen LogP contribution in [0.2, 0.25) is 0 Å². The summed E-state index contributed by atoms with van der Waals surface area (Å²) in [6.45, 7) is 0.931. The number of hydrogen-bond acceptors (Lipinski definition) is 4. The lowest BCUT2D eigenvalue weighted by Gasteiger charge is -2.05. The van der Waals surface area contributed by atoms with E-state index in [0.29, 0.717) is 36.4 Å². The highest BCUT2D eigenvalue weighted by Crippen LogP contribution is 2.12. The Morgan fingerprint density at radius 3 is 1.37 bits per heavy atom. The quantitative estimate of drug-likeness (QED) is 0.432. The van der Waals surface area contributed by atoms with Crippen LogP contribution in [0.4, 0.5) is 0 Å². The molecule has 0 spiro atoms. The summed E-state index contributed by atoms with van der Waals surface area (Å²) in [6.07, 6.45) is 0. The smallest absolute Gasteiger partial charge is 0.214 e. The lowest BCUT2D eigenvalue weighted by molar-refractivity contribution is 0.293. The van der Waals surface area contributed by atoms with Gasteiger partial charge in [0.2, 0.25) is 11.8 Å². The summed E-state index contributed by atoms with van der Waals surface area (Å²) in [5.41, 5.74) is 3.43. The van der Waals surface area contributed by atoms with E-state index in [2.05, 4.69) is 21.8 Å². The fourth-order valence-corrected chi connectivity index (χ4v) is 2.72. The average Bonchev–Trinajstić information content (AvgIpc) is 2.82. The molecule has 0 aliphatic heterocycles. The molecule has 2 heterocycles. The highest BCUT2D eigenvalue weighted by Gasteiger charge is 2.00. The zero-order valence-electron chi connectivity index (χ0n) is 16.4. The fourth-order valence-electron chi connectivity index (χ4n) is 2.72. The van der Waals surface area contributed by atoms with E-state index in [1.807, 2.05) is 97.1 Å². The van der Waals surface area contributed by atoms with Crippen molar-refractivity contribution >= 4 is 0 Å². The highest BCUT2D eigenvalue weighted by atomic mass is 16.5. The SMILES string of the molecule is C(#Cc1cccc(OCc2ccccc2)n1)c1cccc(OCc2ccccc2)n1. The first kappa shape index (κ1) is 19.2. The maximum absolute atomic E-state index is 5.76. The molecule has 0 saturated carbocycles. The molecule has 146 valence electrons. The largest absolute Gasteiger partial charge is 0.473 e. The van der Waals surface area contributed by atoms with Crippen molar-refractivity contribution in [3.05, 3.63) is 120 Å². The Morgan fingerprint density at radius 2 is 0.933 bits per heavy atom. The fraction of sp³-hybridized carbons (Fsp3) is 0.0769. The molecule has 0 unspecified atom stereocenters. The van der Waals surface area contributed by atoms with Gasteiger partial charge in [-0.1, -0.05) is 72.8 Å². The molecule has 0 saturated heterocycles. The van der Waals surface area contributed by atoms with Crippen molar-refractivity contribution in [1.82, 2.24) is 9.97 Å². The lowest BCUT2D eigenvalue weighted by atomic mass is 10.2. The molecule has 0 amide bonds. The predicted octanol–water partition coefficient (Wildman–Crippen LogP) is 5.03. The van der Waals surface area contributed by atoms with Crippen LogP contribution in [0.3, 0.4) is 0 Å². The van der Waals surface area contributed by atoms with Gasteiger partial charge in [-0.25, -0.2) is 9.97 Å². The summed E-state index contributed by atoms with van der Waals surface area (Å²) in [7, 11) is 0. The van der Waals surface area contributed by atoms with Crippen LogP contribution >= 0.6 is 0 Å². The second-order valence-corrected chi connectivity index (χ2v) is 6.52. The minimum absolute atomic E-state index is 0.465. The first-order valence-electron chi connectivity index (χ1n) is 9.65. The highest BCUT2D eigenvalue weighted by molar-refractivity contribution is 5.38. The van der Waals surface area contributed by atoms with Gasteiger partial charge < -0.3 is 9.47 Å². The summed E-state index contributed by atoms with van der Waals surface area (Å²) in [5, 5.41) is 0. The topological polar surface area (TPSA) is 44.2 Å². The molecule has 2 aromatic heterocycles. The second-order valence-electron chi connectivity index (χ2n) is 6.52. The number of pyridine rings is 2. The Balaban J connectivity index is 1.39. The molecule has 4 aromatic rings. The predicted molar refractivity (Wildman–Crippen MR) is 116 cm³/mol. The van der Waals surface area contributed by atoms with Crippen molar-refractivity contribution in [3.63, 3.8) is 0 Å². The zero-order chi connectivity index (χ0) is 20.4. The lowest BCUT2D eigenvalue weighted by Crippen LogP contribution is -1.98. The summed E-state index contributed by atoms with van der Waals surface area (Å²) in [4.78, 5) is 8.89. The van der Waals surface area contributed by atoms with Crippen molar-refractivity contribution in [2.45, 2.75) is 13.2 Å². The summed E-state index contributed by atoms with van der Waals surface area (Å²) >= 11 is 0. The summed E-state index contributed by atoms with van der Waals surface area (Å²) in [6, 6.07) is 31.1. The molecule has 0 atom stereocenters. The van der Waals surface area contributed by atoms with Crippen molar-refractivity contribution in [3.8, 4) is 23.6 Å². The van der Waals surface area contributed by atoms with E-state index in [4.69, 9.17) is 9.47 Å². The van der Waals surface area contributed by atoms with E-state index in [9.17, 15) is 0 Å². The number of ether oxygens (including phenoxy) is 2. The standard InChI is InChI=1S/C26H20N2O2/c1-3-9-21(10-4-1)19-29-25-15-7-13-23(27-25)17-18-24-14-8-16-26(28-24)30-20-22-11-5-2-6-12-22/h1-16H,19-20H2. The van der Waals surface area contributed by atoms with Gasteiger partial charge in [0.15, 0.2) is 0 Å². The number of aromatic nitrogens is 2. The number of nitrogens with zero attached hydrogens (tertiary/aromatic N) is 2. The molecule has 4 nitrogen and oxygen atoms in total. The normalized spacial score (nSPS) is 10.0. The van der Waals surface area contributed by atoms with Gasteiger partial charge in [-0.2, -0.15) is 0 Å². The van der Waals surface area contributed by atoms with Gasteiger partial charge in [-0.15, -0.1) is 0 Å². The van der Waals surface area contributed by atoms with Crippen LogP contribution in [-0.2, 0) is 13.2 Å². The van der Waals surface area contributed by atoms with Crippen LogP contribution in [0.5, 0.6) is 11.8 Å². The second kappa shape index (κ2) is 9.90. The Morgan fingerprint density at radius 1 is 0.500 bits per heavy atom. The molecule has 0 radical (unpaired) electrons. The van der Waals surface area contributed by atoms with Crippen LogP contribution in [0.1, 0.15) is 22.5 Å². The van der Waals surface area contributed by atoms with Crippen LogP contribution < -0.4 is 9.47 Å². The first-order valence-corrected chi connectivity index (χ1v) is 9.65.